The molecular weight excluding hydrogens is 396 g/mol. The molecule has 1 aromatic carbocycles. The van der Waals surface area contributed by atoms with Gasteiger partial charge in [0, 0.05) is 16.9 Å². The largest absolute Gasteiger partial charge is 0.271 e. The summed E-state index contributed by atoms with van der Waals surface area (Å²) in [6.45, 7) is 0. The van der Waals surface area contributed by atoms with Gasteiger partial charge in [0.25, 0.3) is 0 Å². The number of aromatic nitrogens is 1. The van der Waals surface area contributed by atoms with Crippen LogP contribution in [0.2, 0.25) is 0 Å². The van der Waals surface area contributed by atoms with Crippen LogP contribution in [0.15, 0.2) is 39.5 Å². The molecule has 1 atom stereocenters. The number of pyridine rings is 1. The fourth-order valence-electron chi connectivity index (χ4n) is 1.87. The zero-order valence-corrected chi connectivity index (χ0v) is 13.4. The Balaban J connectivity index is 2.31. The first kappa shape index (κ1) is 15.5. The minimum absolute atomic E-state index is 0.0726. The lowest BCUT2D eigenvalue weighted by Crippen LogP contribution is -2.30. The van der Waals surface area contributed by atoms with E-state index in [2.05, 4.69) is 42.3 Å². The van der Waals surface area contributed by atoms with Gasteiger partial charge in [-0.3, -0.25) is 16.3 Å². The molecule has 3 nitrogen and oxygen atoms in total. The van der Waals surface area contributed by atoms with Gasteiger partial charge in [0.1, 0.15) is 0 Å². The average Bonchev–Trinajstić information content (AvgIpc) is 2.43. The third kappa shape index (κ3) is 3.41. The highest BCUT2D eigenvalue weighted by Gasteiger charge is 2.18. The summed E-state index contributed by atoms with van der Waals surface area (Å²) in [6.07, 6.45) is 3.86. The summed E-state index contributed by atoms with van der Waals surface area (Å²) in [7, 11) is 0. The quantitative estimate of drug-likeness (QED) is 0.463. The van der Waals surface area contributed by atoms with Crippen molar-refractivity contribution >= 4 is 31.9 Å². The van der Waals surface area contributed by atoms with Crippen molar-refractivity contribution in [2.75, 3.05) is 0 Å². The van der Waals surface area contributed by atoms with E-state index in [4.69, 9.17) is 5.84 Å². The number of hydrogen-bond donors (Lipinski definition) is 2. The molecule has 0 fully saturated rings. The number of benzene rings is 1. The van der Waals surface area contributed by atoms with Gasteiger partial charge in [-0.1, -0.05) is 6.07 Å². The van der Waals surface area contributed by atoms with E-state index in [1.54, 1.807) is 12.4 Å². The second-order valence-electron chi connectivity index (χ2n) is 4.20. The molecule has 0 spiro atoms. The topological polar surface area (TPSA) is 50.9 Å². The van der Waals surface area contributed by atoms with Crippen molar-refractivity contribution in [3.05, 3.63) is 62.3 Å². The van der Waals surface area contributed by atoms with Crippen molar-refractivity contribution in [3.8, 4) is 0 Å². The second-order valence-corrected chi connectivity index (χ2v) is 5.91. The Labute approximate surface area is 131 Å². The lowest BCUT2D eigenvalue weighted by Gasteiger charge is -2.18. The molecule has 1 unspecified atom stereocenters. The molecule has 106 valence electrons. The lowest BCUT2D eigenvalue weighted by atomic mass is 10.0. The molecule has 7 heteroatoms. The molecule has 3 N–H and O–H groups in total. The van der Waals surface area contributed by atoms with Gasteiger partial charge in [0.15, 0.2) is 11.6 Å². The van der Waals surface area contributed by atoms with Gasteiger partial charge >= 0.3 is 0 Å². The van der Waals surface area contributed by atoms with Crippen molar-refractivity contribution in [1.29, 1.82) is 0 Å². The van der Waals surface area contributed by atoms with Crippen LogP contribution >= 0.6 is 31.9 Å². The molecule has 0 aliphatic carbocycles. The Morgan fingerprint density at radius 1 is 1.25 bits per heavy atom. The number of rotatable bonds is 4. The standard InChI is InChI=1S/C13H11Br2F2N3/c14-8-3-7(5-19-6-8)4-11(20-18)9-1-2-10(16)13(17)12(9)15/h1-3,5-6,11,20H,4,18H2. The lowest BCUT2D eigenvalue weighted by molar-refractivity contribution is 0.491. The van der Waals surface area contributed by atoms with Gasteiger partial charge < -0.3 is 0 Å². The van der Waals surface area contributed by atoms with Crippen LogP contribution in [-0.4, -0.2) is 4.98 Å². The Kier molecular flexibility index (Phi) is 5.20. The third-order valence-corrected chi connectivity index (χ3v) is 4.08. The maximum absolute atomic E-state index is 13.6. The first-order chi connectivity index (χ1) is 9.52. The molecule has 2 aromatic rings. The zero-order chi connectivity index (χ0) is 14.7. The second kappa shape index (κ2) is 6.71. The van der Waals surface area contributed by atoms with Crippen LogP contribution in [0.5, 0.6) is 0 Å². The molecule has 0 aliphatic rings. The summed E-state index contributed by atoms with van der Waals surface area (Å²) in [4.78, 5) is 4.06. The third-order valence-electron chi connectivity index (χ3n) is 2.84. The number of nitrogens with one attached hydrogen (secondary N) is 1. The van der Waals surface area contributed by atoms with Crippen molar-refractivity contribution in [3.63, 3.8) is 0 Å². The SMILES string of the molecule is NNC(Cc1cncc(Br)c1)c1ccc(F)c(F)c1Br. The van der Waals surface area contributed by atoms with Crippen LogP contribution in [0, 0.1) is 11.6 Å². The van der Waals surface area contributed by atoms with Gasteiger partial charge in [-0.2, -0.15) is 0 Å². The molecule has 0 saturated carbocycles. The van der Waals surface area contributed by atoms with E-state index in [1.807, 2.05) is 6.07 Å². The maximum atomic E-state index is 13.6. The Hall–Kier alpha value is -0.890. The zero-order valence-electron chi connectivity index (χ0n) is 10.2. The molecule has 2 rings (SSSR count). The van der Waals surface area contributed by atoms with Crippen molar-refractivity contribution in [2.45, 2.75) is 12.5 Å². The van der Waals surface area contributed by atoms with E-state index >= 15 is 0 Å². The van der Waals surface area contributed by atoms with Crippen LogP contribution in [-0.2, 0) is 6.42 Å². The van der Waals surface area contributed by atoms with Crippen LogP contribution < -0.4 is 11.3 Å². The number of hydrogen-bond acceptors (Lipinski definition) is 3. The molecule has 0 aliphatic heterocycles. The van der Waals surface area contributed by atoms with E-state index in [0.717, 1.165) is 16.1 Å². The van der Waals surface area contributed by atoms with E-state index in [-0.39, 0.29) is 10.5 Å². The summed E-state index contributed by atoms with van der Waals surface area (Å²) in [6, 6.07) is 4.11. The number of hydrazine groups is 1. The van der Waals surface area contributed by atoms with E-state index in [9.17, 15) is 8.78 Å². The molecule has 0 bridgehead atoms. The fourth-order valence-corrected chi connectivity index (χ4v) is 2.88. The maximum Gasteiger partial charge on any atom is 0.173 e. The Morgan fingerprint density at radius 2 is 2.00 bits per heavy atom. The van der Waals surface area contributed by atoms with E-state index < -0.39 is 11.6 Å². The average molecular weight is 407 g/mol. The Morgan fingerprint density at radius 3 is 2.65 bits per heavy atom. The van der Waals surface area contributed by atoms with Gasteiger partial charge in [0.2, 0.25) is 0 Å². The molecule has 0 radical (unpaired) electrons. The number of nitrogens with two attached hydrogens (primary N) is 1. The van der Waals surface area contributed by atoms with Gasteiger partial charge in [-0.25, -0.2) is 8.78 Å². The van der Waals surface area contributed by atoms with Crippen molar-refractivity contribution in [1.82, 2.24) is 10.4 Å². The summed E-state index contributed by atoms with van der Waals surface area (Å²) in [5.41, 5.74) is 4.07. The van der Waals surface area contributed by atoms with Gasteiger partial charge in [-0.05, 0) is 61.5 Å². The van der Waals surface area contributed by atoms with Crippen LogP contribution in [0.3, 0.4) is 0 Å². The first-order valence-electron chi connectivity index (χ1n) is 5.72. The minimum Gasteiger partial charge on any atom is -0.271 e. The smallest absolute Gasteiger partial charge is 0.173 e. The highest BCUT2D eigenvalue weighted by molar-refractivity contribution is 9.10. The van der Waals surface area contributed by atoms with Gasteiger partial charge in [0.05, 0.1) is 10.5 Å². The summed E-state index contributed by atoms with van der Waals surface area (Å²) >= 11 is 6.40. The Bertz CT molecular complexity index is 623. The summed E-state index contributed by atoms with van der Waals surface area (Å²) in [5.74, 6) is 3.71. The molecule has 0 amide bonds. The minimum atomic E-state index is -0.921. The molecule has 1 aromatic heterocycles. The molecule has 1 heterocycles. The number of nitrogens with zero attached hydrogens (tertiary/aromatic N) is 1. The molecular formula is C13H11Br2F2N3. The first-order valence-corrected chi connectivity index (χ1v) is 7.30. The summed E-state index contributed by atoms with van der Waals surface area (Å²) < 4.78 is 27.6. The highest BCUT2D eigenvalue weighted by atomic mass is 79.9. The van der Waals surface area contributed by atoms with Crippen LogP contribution in [0.25, 0.3) is 0 Å². The summed E-state index contributed by atoms with van der Waals surface area (Å²) in [5, 5.41) is 0. The monoisotopic (exact) mass is 405 g/mol. The normalized spacial score (nSPS) is 12.4. The fraction of sp³-hybridized carbons (Fsp3) is 0.154. The van der Waals surface area contributed by atoms with Crippen LogP contribution in [0.4, 0.5) is 8.78 Å². The van der Waals surface area contributed by atoms with Crippen LogP contribution in [0.1, 0.15) is 17.2 Å². The number of halogens is 4. The van der Waals surface area contributed by atoms with Crippen molar-refractivity contribution < 1.29 is 8.78 Å². The molecule has 20 heavy (non-hydrogen) atoms. The highest BCUT2D eigenvalue weighted by Crippen LogP contribution is 2.29. The van der Waals surface area contributed by atoms with E-state index in [1.165, 1.54) is 6.07 Å². The molecule has 0 saturated heterocycles. The predicted octanol–water partition coefficient (Wildman–Crippen LogP) is 3.63. The predicted molar refractivity (Wildman–Crippen MR) is 79.8 cm³/mol. The van der Waals surface area contributed by atoms with E-state index in [0.29, 0.717) is 12.0 Å². The van der Waals surface area contributed by atoms with Crippen molar-refractivity contribution in [2.24, 2.45) is 5.84 Å². The van der Waals surface area contributed by atoms with Gasteiger partial charge in [-0.15, -0.1) is 0 Å².